The first-order valence-corrected chi connectivity index (χ1v) is 12.7. The zero-order chi connectivity index (χ0) is 27.9. The first-order chi connectivity index (χ1) is 18.6. The molecule has 1 aliphatic heterocycles. The maximum atomic E-state index is 13.1. The zero-order valence-corrected chi connectivity index (χ0v) is 21.9. The van der Waals surface area contributed by atoms with E-state index in [-0.39, 0.29) is 35.4 Å². The van der Waals surface area contributed by atoms with Crippen LogP contribution in [0.25, 0.3) is 17.1 Å². The quantitative estimate of drug-likeness (QED) is 0.369. The number of carbonyl (C=O) groups is 1. The summed E-state index contributed by atoms with van der Waals surface area (Å²) >= 11 is 6.35. The van der Waals surface area contributed by atoms with Crippen LogP contribution in [-0.2, 0) is 23.9 Å². The summed E-state index contributed by atoms with van der Waals surface area (Å²) in [5, 5.41) is 20.9. The smallest absolute Gasteiger partial charge is 0.416 e. The van der Waals surface area contributed by atoms with Crippen molar-refractivity contribution < 1.29 is 22.7 Å². The molecule has 0 radical (unpaired) electrons. The highest BCUT2D eigenvalue weighted by molar-refractivity contribution is 6.34. The van der Waals surface area contributed by atoms with Crippen molar-refractivity contribution in [1.29, 1.82) is 5.41 Å². The fourth-order valence-electron chi connectivity index (χ4n) is 4.28. The fraction of sp³-hybridized carbons (Fsp3) is 0.346. The lowest BCUT2D eigenvalue weighted by Gasteiger charge is -2.11. The molecule has 0 unspecified atom stereocenters. The standard InChI is InChI=1S/C26H25ClF3N7O2/c1-3-39-25(38)23-21(27)14(2)34-37(23)20-12-19(31)33-24-18(10-11-32-20)22(35-36(24)13-15-4-5-15)16-6-8-17(9-7-16)26(28,29)30/h6-9,11-12,15H,3-5,10,13H2,1-2H3,(H2,31,33)/b20-12+,32-11-. The van der Waals surface area contributed by atoms with Gasteiger partial charge in [-0.05, 0) is 44.7 Å². The lowest BCUT2D eigenvalue weighted by molar-refractivity contribution is -0.137. The van der Waals surface area contributed by atoms with Crippen LogP contribution in [0.5, 0.6) is 0 Å². The van der Waals surface area contributed by atoms with Gasteiger partial charge in [-0.2, -0.15) is 23.4 Å². The van der Waals surface area contributed by atoms with Crippen LogP contribution in [0.2, 0.25) is 5.02 Å². The molecular formula is C26H25ClF3N7O2. The minimum absolute atomic E-state index is 0.00525. The molecule has 1 aliphatic carbocycles. The Kier molecular flexibility index (Phi) is 7.06. The van der Waals surface area contributed by atoms with Gasteiger partial charge in [0.05, 0.1) is 28.6 Å². The monoisotopic (exact) mass is 559 g/mol. The van der Waals surface area contributed by atoms with Gasteiger partial charge < -0.3 is 10.1 Å². The van der Waals surface area contributed by atoms with Gasteiger partial charge in [0.15, 0.2) is 11.5 Å². The average Bonchev–Trinajstić information content (AvgIpc) is 3.55. The summed E-state index contributed by atoms with van der Waals surface area (Å²) in [4.78, 5) is 17.1. The topological polar surface area (TPSA) is 110 Å². The molecule has 0 atom stereocenters. The van der Waals surface area contributed by atoms with E-state index in [1.54, 1.807) is 24.7 Å². The number of hydrogen-bond acceptors (Lipinski definition) is 6. The number of esters is 1. The molecule has 13 heteroatoms. The van der Waals surface area contributed by atoms with Crippen LogP contribution >= 0.6 is 11.6 Å². The third-order valence-corrected chi connectivity index (χ3v) is 6.84. The summed E-state index contributed by atoms with van der Waals surface area (Å²) in [5.74, 6) is 0.436. The predicted molar refractivity (Wildman–Crippen MR) is 141 cm³/mol. The van der Waals surface area contributed by atoms with Gasteiger partial charge in [-0.15, -0.1) is 0 Å². The van der Waals surface area contributed by atoms with E-state index in [1.807, 2.05) is 0 Å². The van der Waals surface area contributed by atoms with E-state index >= 15 is 0 Å². The first-order valence-electron chi connectivity index (χ1n) is 12.4. The summed E-state index contributed by atoms with van der Waals surface area (Å²) < 4.78 is 47.6. The summed E-state index contributed by atoms with van der Waals surface area (Å²) in [6.45, 7) is 4.06. The van der Waals surface area contributed by atoms with Gasteiger partial charge in [-0.25, -0.2) is 19.2 Å². The van der Waals surface area contributed by atoms with Crippen LogP contribution in [0.4, 0.5) is 19.0 Å². The lowest BCUT2D eigenvalue weighted by Crippen LogP contribution is -2.17. The Labute approximate surface area is 226 Å². The highest BCUT2D eigenvalue weighted by Crippen LogP contribution is 2.37. The molecule has 3 heterocycles. The predicted octanol–water partition coefficient (Wildman–Crippen LogP) is 5.83. The fourth-order valence-corrected chi connectivity index (χ4v) is 4.48. The van der Waals surface area contributed by atoms with Crippen LogP contribution < -0.4 is 5.32 Å². The van der Waals surface area contributed by atoms with Crippen molar-refractivity contribution in [3.05, 3.63) is 57.9 Å². The third-order valence-electron chi connectivity index (χ3n) is 6.38. The number of aromatic nitrogens is 4. The number of alkyl halides is 3. The van der Waals surface area contributed by atoms with Gasteiger partial charge in [0.2, 0.25) is 0 Å². The zero-order valence-electron chi connectivity index (χ0n) is 21.1. The minimum Gasteiger partial charge on any atom is -0.461 e. The van der Waals surface area contributed by atoms with E-state index in [1.165, 1.54) is 22.9 Å². The number of carbonyl (C=O) groups excluding carboxylic acids is 1. The number of aryl methyl sites for hydroxylation is 1. The normalized spacial score (nSPS) is 17.8. The highest BCUT2D eigenvalue weighted by Gasteiger charge is 2.31. The number of benzene rings is 1. The number of ether oxygens (including phenoxy) is 1. The SMILES string of the molecule is CCOC(=O)c1c(Cl)c(C)nn1C1=C/C(=N)Nc2c(c(-c3ccc(C(F)(F)F)cc3)nn2CC2CC2)C/C=N\1. The van der Waals surface area contributed by atoms with Crippen LogP contribution in [0, 0.1) is 18.3 Å². The maximum Gasteiger partial charge on any atom is 0.416 e. The number of nitrogens with one attached hydrogen (secondary N) is 2. The maximum absolute atomic E-state index is 13.1. The minimum atomic E-state index is -4.45. The van der Waals surface area contributed by atoms with Gasteiger partial charge in [-0.3, -0.25) is 5.41 Å². The molecule has 0 saturated heterocycles. The summed E-state index contributed by atoms with van der Waals surface area (Å²) in [5.41, 5.74) is 1.34. The molecule has 2 aliphatic rings. The van der Waals surface area contributed by atoms with E-state index in [0.717, 1.165) is 25.0 Å². The number of fused-ring (bicyclic) bond motifs is 1. The molecule has 3 aromatic rings. The Morgan fingerprint density at radius 1 is 1.23 bits per heavy atom. The number of hydrogen-bond donors (Lipinski definition) is 2. The Morgan fingerprint density at radius 2 is 1.95 bits per heavy atom. The van der Waals surface area contributed by atoms with Crippen molar-refractivity contribution in [3.63, 3.8) is 0 Å². The largest absolute Gasteiger partial charge is 0.461 e. The van der Waals surface area contributed by atoms with Crippen molar-refractivity contribution in [3.8, 4) is 11.3 Å². The Balaban J connectivity index is 1.56. The van der Waals surface area contributed by atoms with Crippen LogP contribution in [0.3, 0.4) is 0 Å². The van der Waals surface area contributed by atoms with E-state index in [0.29, 0.717) is 40.8 Å². The second-order valence-corrected chi connectivity index (χ2v) is 9.69. The summed E-state index contributed by atoms with van der Waals surface area (Å²) in [6.07, 6.45) is 0.909. The van der Waals surface area contributed by atoms with Crippen LogP contribution in [0.15, 0.2) is 35.3 Å². The summed E-state index contributed by atoms with van der Waals surface area (Å²) in [6, 6.07) is 4.85. The Hall–Kier alpha value is -3.93. The second-order valence-electron chi connectivity index (χ2n) is 9.31. The number of halogens is 4. The Bertz CT molecular complexity index is 1500. The van der Waals surface area contributed by atoms with Crippen molar-refractivity contribution in [1.82, 2.24) is 19.6 Å². The van der Waals surface area contributed by atoms with Gasteiger partial charge in [0, 0.05) is 36.4 Å². The molecule has 39 heavy (non-hydrogen) atoms. The molecule has 204 valence electrons. The van der Waals surface area contributed by atoms with Crippen molar-refractivity contribution in [2.45, 2.75) is 45.8 Å². The van der Waals surface area contributed by atoms with Gasteiger partial charge in [0.25, 0.3) is 0 Å². The van der Waals surface area contributed by atoms with E-state index in [9.17, 15) is 18.0 Å². The molecule has 1 saturated carbocycles. The molecule has 2 N–H and O–H groups in total. The Morgan fingerprint density at radius 3 is 2.59 bits per heavy atom. The van der Waals surface area contributed by atoms with Gasteiger partial charge in [0.1, 0.15) is 11.7 Å². The molecule has 0 bridgehead atoms. The lowest BCUT2D eigenvalue weighted by atomic mass is 10.0. The van der Waals surface area contributed by atoms with Gasteiger partial charge in [-0.1, -0.05) is 23.7 Å². The molecule has 9 nitrogen and oxygen atoms in total. The third kappa shape index (κ3) is 5.47. The van der Waals surface area contributed by atoms with Crippen molar-refractivity contribution in [2.75, 3.05) is 11.9 Å². The first kappa shape index (κ1) is 26.7. The van der Waals surface area contributed by atoms with E-state index < -0.39 is 17.7 Å². The average molecular weight is 560 g/mol. The molecule has 5 rings (SSSR count). The van der Waals surface area contributed by atoms with Crippen molar-refractivity contribution >= 4 is 41.3 Å². The highest BCUT2D eigenvalue weighted by atomic mass is 35.5. The molecule has 2 aromatic heterocycles. The molecule has 1 aromatic carbocycles. The number of anilines is 1. The number of nitrogens with zero attached hydrogens (tertiary/aromatic N) is 5. The number of amidine groups is 1. The number of aliphatic imine (C=N–C) groups is 1. The van der Waals surface area contributed by atoms with E-state index in [4.69, 9.17) is 26.8 Å². The molecule has 0 amide bonds. The molecular weight excluding hydrogens is 535 g/mol. The van der Waals surface area contributed by atoms with Crippen LogP contribution in [0.1, 0.15) is 47.1 Å². The van der Waals surface area contributed by atoms with E-state index in [2.05, 4.69) is 15.4 Å². The number of rotatable bonds is 6. The second kappa shape index (κ2) is 10.3. The summed E-state index contributed by atoms with van der Waals surface area (Å²) in [7, 11) is 0. The molecule has 1 fully saturated rings. The van der Waals surface area contributed by atoms with Crippen LogP contribution in [-0.4, -0.2) is 44.2 Å². The van der Waals surface area contributed by atoms with Gasteiger partial charge >= 0.3 is 12.1 Å². The van der Waals surface area contributed by atoms with Crippen molar-refractivity contribution in [2.24, 2.45) is 10.9 Å². The molecule has 0 spiro atoms.